The Bertz CT molecular complexity index is 1120. The second-order valence-corrected chi connectivity index (χ2v) is 12.2. The van der Waals surface area contributed by atoms with Gasteiger partial charge in [-0.15, -0.1) is 0 Å². The highest BCUT2D eigenvalue weighted by Crippen LogP contribution is 2.32. The van der Waals surface area contributed by atoms with Crippen molar-refractivity contribution in [2.45, 2.75) is 70.7 Å². The summed E-state index contributed by atoms with van der Waals surface area (Å²) in [5.74, 6) is 0.421. The van der Waals surface area contributed by atoms with Gasteiger partial charge in [-0.05, 0) is 70.7 Å². The summed E-state index contributed by atoms with van der Waals surface area (Å²) in [6, 6.07) is 14.3. The Morgan fingerprint density at radius 3 is 2.49 bits per heavy atom. The summed E-state index contributed by atoms with van der Waals surface area (Å²) in [7, 11) is 0. The number of benzene rings is 2. The molecule has 1 heterocycles. The number of hydrogen-bond acceptors (Lipinski definition) is 5. The van der Waals surface area contributed by atoms with Gasteiger partial charge in [-0.3, -0.25) is 4.79 Å². The molecule has 4 rings (SSSR count). The van der Waals surface area contributed by atoms with Gasteiger partial charge in [0.1, 0.15) is 29.9 Å². The SMILES string of the molecule is CC(C)(C)OC(=O)N(Cc1ccc(Br)cc1F)C1CCC(C(=O)N2CCOC(COc3ccccc3)C2)CC1. The molecule has 1 saturated carbocycles. The van der Waals surface area contributed by atoms with E-state index in [4.69, 9.17) is 14.2 Å². The van der Waals surface area contributed by atoms with Gasteiger partial charge in [0.2, 0.25) is 5.91 Å². The number of rotatable bonds is 7. The van der Waals surface area contributed by atoms with Crippen molar-refractivity contribution in [2.75, 3.05) is 26.3 Å². The summed E-state index contributed by atoms with van der Waals surface area (Å²) in [4.78, 5) is 30.1. The van der Waals surface area contributed by atoms with Crippen LogP contribution in [0.5, 0.6) is 5.75 Å². The van der Waals surface area contributed by atoms with Crippen molar-refractivity contribution in [3.05, 3.63) is 64.4 Å². The molecule has 2 aromatic rings. The molecule has 0 N–H and O–H groups in total. The monoisotopic (exact) mass is 604 g/mol. The first-order valence-corrected chi connectivity index (χ1v) is 14.4. The molecule has 7 nitrogen and oxygen atoms in total. The quantitative estimate of drug-likeness (QED) is 0.377. The molecule has 1 atom stereocenters. The predicted octanol–water partition coefficient (Wildman–Crippen LogP) is 6.19. The molecule has 2 aromatic carbocycles. The Balaban J connectivity index is 1.35. The van der Waals surface area contributed by atoms with Crippen LogP contribution in [-0.2, 0) is 20.8 Å². The lowest BCUT2D eigenvalue weighted by molar-refractivity contribution is -0.145. The summed E-state index contributed by atoms with van der Waals surface area (Å²) < 4.78 is 32.7. The lowest BCUT2D eigenvalue weighted by Crippen LogP contribution is -2.51. The maximum atomic E-state index is 14.7. The second kappa shape index (κ2) is 13.1. The lowest BCUT2D eigenvalue weighted by Gasteiger charge is -2.39. The van der Waals surface area contributed by atoms with Gasteiger partial charge in [-0.1, -0.05) is 40.2 Å². The number of nitrogens with zero attached hydrogens (tertiary/aromatic N) is 2. The fraction of sp³-hybridized carbons (Fsp3) is 0.533. The number of ether oxygens (including phenoxy) is 3. The van der Waals surface area contributed by atoms with Crippen molar-refractivity contribution in [3.8, 4) is 5.75 Å². The number of carbonyl (C=O) groups is 2. The molecule has 1 saturated heterocycles. The smallest absolute Gasteiger partial charge is 0.410 e. The van der Waals surface area contributed by atoms with Crippen molar-refractivity contribution in [2.24, 2.45) is 5.92 Å². The highest BCUT2D eigenvalue weighted by Gasteiger charge is 2.36. The third-order valence-electron chi connectivity index (χ3n) is 7.10. The third kappa shape index (κ3) is 8.42. The largest absolute Gasteiger partial charge is 0.491 e. The molecular formula is C30H38BrFN2O5. The molecule has 212 valence electrons. The van der Waals surface area contributed by atoms with E-state index in [9.17, 15) is 14.0 Å². The zero-order valence-electron chi connectivity index (χ0n) is 22.9. The van der Waals surface area contributed by atoms with Crippen molar-refractivity contribution < 1.29 is 28.2 Å². The summed E-state index contributed by atoms with van der Waals surface area (Å²) in [6.07, 6.45) is 1.98. The Hall–Kier alpha value is -2.65. The van der Waals surface area contributed by atoms with Crippen molar-refractivity contribution in [1.29, 1.82) is 0 Å². The summed E-state index contributed by atoms with van der Waals surface area (Å²) in [5.41, 5.74) is -0.239. The standard InChI is InChI=1S/C30H38BrFN2O5/c1-30(2,3)39-29(36)34(18-22-9-12-23(31)17-27(22)32)24-13-10-21(11-14-24)28(35)33-15-16-37-26(19-33)20-38-25-7-5-4-6-8-25/h4-9,12,17,21,24,26H,10-11,13-16,18-20H2,1-3H3. The van der Waals surface area contributed by atoms with Crippen LogP contribution >= 0.6 is 15.9 Å². The first kappa shape index (κ1) is 29.3. The van der Waals surface area contributed by atoms with Crippen LogP contribution in [0.15, 0.2) is 53.0 Å². The van der Waals surface area contributed by atoms with Crippen LogP contribution in [-0.4, -0.2) is 65.9 Å². The van der Waals surface area contributed by atoms with E-state index in [1.807, 2.05) is 56.0 Å². The van der Waals surface area contributed by atoms with Crippen molar-refractivity contribution >= 4 is 27.9 Å². The van der Waals surface area contributed by atoms with Gasteiger partial charge in [0, 0.05) is 28.5 Å². The number of morpholine rings is 1. The number of para-hydroxylation sites is 1. The highest BCUT2D eigenvalue weighted by molar-refractivity contribution is 9.10. The van der Waals surface area contributed by atoms with Gasteiger partial charge < -0.3 is 24.0 Å². The van der Waals surface area contributed by atoms with Gasteiger partial charge in [0.15, 0.2) is 0 Å². The van der Waals surface area contributed by atoms with Crippen LogP contribution in [0.1, 0.15) is 52.0 Å². The van der Waals surface area contributed by atoms with Crippen LogP contribution in [0.2, 0.25) is 0 Å². The van der Waals surface area contributed by atoms with Crippen LogP contribution in [0.3, 0.4) is 0 Å². The van der Waals surface area contributed by atoms with Crippen molar-refractivity contribution in [3.63, 3.8) is 0 Å². The average Bonchev–Trinajstić information content (AvgIpc) is 2.91. The summed E-state index contributed by atoms with van der Waals surface area (Å²) in [6.45, 7) is 7.50. The fourth-order valence-electron chi connectivity index (χ4n) is 5.12. The zero-order chi connectivity index (χ0) is 28.0. The molecule has 2 aliphatic rings. The van der Waals surface area contributed by atoms with Crippen LogP contribution in [0.4, 0.5) is 9.18 Å². The van der Waals surface area contributed by atoms with E-state index in [0.29, 0.717) is 62.0 Å². The van der Waals surface area contributed by atoms with E-state index in [-0.39, 0.29) is 36.3 Å². The van der Waals surface area contributed by atoms with Crippen LogP contribution in [0, 0.1) is 11.7 Å². The molecule has 1 aliphatic heterocycles. The van der Waals surface area contributed by atoms with E-state index < -0.39 is 11.7 Å². The van der Waals surface area contributed by atoms with Gasteiger partial charge in [0.25, 0.3) is 0 Å². The molecule has 1 unspecified atom stereocenters. The number of carbonyl (C=O) groups excluding carboxylic acids is 2. The Labute approximate surface area is 238 Å². The number of amides is 2. The Morgan fingerprint density at radius 2 is 1.82 bits per heavy atom. The molecule has 0 radical (unpaired) electrons. The van der Waals surface area contributed by atoms with Crippen molar-refractivity contribution in [1.82, 2.24) is 9.80 Å². The van der Waals surface area contributed by atoms with E-state index in [0.717, 1.165) is 5.75 Å². The molecule has 2 amide bonds. The van der Waals surface area contributed by atoms with E-state index in [2.05, 4.69) is 15.9 Å². The second-order valence-electron chi connectivity index (χ2n) is 11.3. The lowest BCUT2D eigenvalue weighted by atomic mass is 9.84. The number of halogens is 2. The van der Waals surface area contributed by atoms with Gasteiger partial charge in [0.05, 0.1) is 19.7 Å². The maximum Gasteiger partial charge on any atom is 0.410 e. The average molecular weight is 606 g/mol. The Kier molecular flexibility index (Phi) is 9.88. The third-order valence-corrected chi connectivity index (χ3v) is 7.59. The zero-order valence-corrected chi connectivity index (χ0v) is 24.5. The van der Waals surface area contributed by atoms with Gasteiger partial charge in [-0.2, -0.15) is 0 Å². The van der Waals surface area contributed by atoms with E-state index in [1.165, 1.54) is 6.07 Å². The normalized spacial score (nSPS) is 21.8. The Morgan fingerprint density at radius 1 is 1.10 bits per heavy atom. The van der Waals surface area contributed by atoms with E-state index >= 15 is 0 Å². The summed E-state index contributed by atoms with van der Waals surface area (Å²) >= 11 is 3.29. The van der Waals surface area contributed by atoms with Gasteiger partial charge >= 0.3 is 6.09 Å². The van der Waals surface area contributed by atoms with Gasteiger partial charge in [-0.25, -0.2) is 9.18 Å². The first-order chi connectivity index (χ1) is 18.6. The van der Waals surface area contributed by atoms with E-state index in [1.54, 1.807) is 17.0 Å². The predicted molar refractivity (Wildman–Crippen MR) is 150 cm³/mol. The molecule has 0 bridgehead atoms. The minimum absolute atomic E-state index is 0.111. The maximum absolute atomic E-state index is 14.7. The minimum Gasteiger partial charge on any atom is -0.491 e. The minimum atomic E-state index is -0.669. The highest BCUT2D eigenvalue weighted by atomic mass is 79.9. The molecule has 9 heteroatoms. The molecule has 2 fully saturated rings. The molecule has 1 aliphatic carbocycles. The van der Waals surface area contributed by atoms with Crippen LogP contribution < -0.4 is 4.74 Å². The van der Waals surface area contributed by atoms with Crippen LogP contribution in [0.25, 0.3) is 0 Å². The molecular weight excluding hydrogens is 567 g/mol. The topological polar surface area (TPSA) is 68.3 Å². The fourth-order valence-corrected chi connectivity index (χ4v) is 5.45. The summed E-state index contributed by atoms with van der Waals surface area (Å²) in [5, 5.41) is 0. The molecule has 0 aromatic heterocycles. The number of hydrogen-bond donors (Lipinski definition) is 0. The molecule has 39 heavy (non-hydrogen) atoms. The molecule has 0 spiro atoms. The first-order valence-electron chi connectivity index (χ1n) is 13.6.